The number of halogens is 1. The summed E-state index contributed by atoms with van der Waals surface area (Å²) in [6.07, 6.45) is 1.50. The molecule has 1 aliphatic heterocycles. The second-order valence-corrected chi connectivity index (χ2v) is 6.35. The highest BCUT2D eigenvalue weighted by atomic mass is 19.1. The van der Waals surface area contributed by atoms with Crippen molar-refractivity contribution >= 4 is 17.6 Å². The first-order valence-electron chi connectivity index (χ1n) is 8.27. The van der Waals surface area contributed by atoms with Crippen molar-refractivity contribution in [3.8, 4) is 11.4 Å². The van der Waals surface area contributed by atoms with E-state index >= 15 is 0 Å². The molecule has 27 heavy (non-hydrogen) atoms. The Bertz CT molecular complexity index is 1060. The summed E-state index contributed by atoms with van der Waals surface area (Å²) >= 11 is 0. The van der Waals surface area contributed by atoms with Crippen molar-refractivity contribution in [3.63, 3.8) is 0 Å². The van der Waals surface area contributed by atoms with Crippen LogP contribution in [0.15, 0.2) is 54.7 Å². The predicted molar refractivity (Wildman–Crippen MR) is 95.9 cm³/mol. The monoisotopic (exact) mass is 366 g/mol. The molecule has 3 N–H and O–H groups in total. The van der Waals surface area contributed by atoms with Gasteiger partial charge in [0.2, 0.25) is 5.91 Å². The van der Waals surface area contributed by atoms with Crippen molar-refractivity contribution < 1.29 is 24.2 Å². The van der Waals surface area contributed by atoms with Gasteiger partial charge < -0.3 is 20.1 Å². The number of anilines is 1. The van der Waals surface area contributed by atoms with E-state index in [1.807, 2.05) is 0 Å². The van der Waals surface area contributed by atoms with E-state index in [1.54, 1.807) is 22.8 Å². The maximum absolute atomic E-state index is 13.7. The van der Waals surface area contributed by atoms with E-state index in [9.17, 15) is 24.2 Å². The molecule has 6 nitrogen and oxygen atoms in total. The Balaban J connectivity index is 1.97. The largest absolute Gasteiger partial charge is 0.508 e. The first-order chi connectivity index (χ1) is 12.9. The fourth-order valence-electron chi connectivity index (χ4n) is 3.45. The van der Waals surface area contributed by atoms with Gasteiger partial charge in [0, 0.05) is 24.2 Å². The summed E-state index contributed by atoms with van der Waals surface area (Å²) in [5.74, 6) is -2.29. The molecule has 4 rings (SSSR count). The zero-order valence-electron chi connectivity index (χ0n) is 14.0. The van der Waals surface area contributed by atoms with Crippen LogP contribution in [0.1, 0.15) is 34.0 Å². The van der Waals surface area contributed by atoms with Gasteiger partial charge in [0.05, 0.1) is 11.4 Å². The number of carbonyl (C=O) groups excluding carboxylic acids is 1. The molecule has 2 heterocycles. The van der Waals surface area contributed by atoms with Gasteiger partial charge in [0.1, 0.15) is 17.1 Å². The lowest BCUT2D eigenvalue weighted by Gasteiger charge is -2.26. The number of aromatic carboxylic acids is 1. The lowest BCUT2D eigenvalue weighted by Crippen LogP contribution is -2.25. The number of carboxylic acid groups (broad SMARTS) is 1. The smallest absolute Gasteiger partial charge is 0.339 e. The van der Waals surface area contributed by atoms with Crippen LogP contribution in [0.3, 0.4) is 0 Å². The number of hydrogen-bond acceptors (Lipinski definition) is 3. The van der Waals surface area contributed by atoms with E-state index in [2.05, 4.69) is 5.32 Å². The number of benzene rings is 2. The Morgan fingerprint density at radius 1 is 1.19 bits per heavy atom. The molecule has 1 amide bonds. The molecule has 0 spiro atoms. The highest BCUT2D eigenvalue weighted by Crippen LogP contribution is 2.41. The van der Waals surface area contributed by atoms with Crippen LogP contribution in [0, 0.1) is 5.82 Å². The number of aromatic nitrogens is 1. The quantitative estimate of drug-likeness (QED) is 0.662. The van der Waals surface area contributed by atoms with Crippen molar-refractivity contribution in [2.24, 2.45) is 0 Å². The highest BCUT2D eigenvalue weighted by molar-refractivity contribution is 6.04. The Hall–Kier alpha value is -3.61. The first-order valence-corrected chi connectivity index (χ1v) is 8.27. The zero-order valence-corrected chi connectivity index (χ0v) is 14.0. The third-order valence-corrected chi connectivity index (χ3v) is 4.64. The number of nitrogens with one attached hydrogen (secondary N) is 1. The molecule has 136 valence electrons. The molecule has 3 aromatic rings. The van der Waals surface area contributed by atoms with Gasteiger partial charge in [-0.25, -0.2) is 9.18 Å². The molecular formula is C20H15FN2O4. The number of nitrogens with zero attached hydrogens (tertiary/aromatic N) is 1. The lowest BCUT2D eigenvalue weighted by molar-refractivity contribution is -0.116. The van der Waals surface area contributed by atoms with Crippen molar-refractivity contribution in [2.45, 2.75) is 12.3 Å². The fourth-order valence-corrected chi connectivity index (χ4v) is 3.45. The number of carboxylic acids is 1. The zero-order chi connectivity index (χ0) is 19.1. The van der Waals surface area contributed by atoms with Gasteiger partial charge in [-0.15, -0.1) is 0 Å². The molecule has 0 aliphatic carbocycles. The summed E-state index contributed by atoms with van der Waals surface area (Å²) in [6, 6.07) is 12.2. The Kier molecular flexibility index (Phi) is 3.92. The summed E-state index contributed by atoms with van der Waals surface area (Å²) in [6.45, 7) is 0. The molecule has 0 saturated carbocycles. The predicted octanol–water partition coefficient (Wildman–Crippen LogP) is 3.49. The molecule has 2 aromatic carbocycles. The van der Waals surface area contributed by atoms with Crippen LogP contribution in [0.4, 0.5) is 10.1 Å². The lowest BCUT2D eigenvalue weighted by atomic mass is 9.88. The van der Waals surface area contributed by atoms with Gasteiger partial charge in [-0.3, -0.25) is 4.79 Å². The Labute approximate surface area is 153 Å². The van der Waals surface area contributed by atoms with E-state index in [4.69, 9.17) is 0 Å². The maximum atomic E-state index is 13.7. The minimum atomic E-state index is -1.19. The topological polar surface area (TPSA) is 91.6 Å². The third-order valence-electron chi connectivity index (χ3n) is 4.64. The number of rotatable bonds is 3. The maximum Gasteiger partial charge on any atom is 0.339 e. The van der Waals surface area contributed by atoms with E-state index in [1.165, 1.54) is 36.5 Å². The van der Waals surface area contributed by atoms with Gasteiger partial charge in [0.25, 0.3) is 0 Å². The van der Waals surface area contributed by atoms with Gasteiger partial charge in [-0.05, 0) is 35.9 Å². The minimum absolute atomic E-state index is 0.0638. The van der Waals surface area contributed by atoms with Crippen molar-refractivity contribution in [1.29, 1.82) is 0 Å². The highest BCUT2D eigenvalue weighted by Gasteiger charge is 2.34. The normalized spacial score (nSPS) is 15.9. The molecule has 0 unspecified atom stereocenters. The van der Waals surface area contributed by atoms with Crippen LogP contribution in [-0.4, -0.2) is 26.7 Å². The third kappa shape index (κ3) is 2.93. The van der Waals surface area contributed by atoms with Crippen LogP contribution >= 0.6 is 0 Å². The number of aromatic hydroxyl groups is 1. The average Bonchev–Trinajstić information content (AvgIpc) is 3.01. The van der Waals surface area contributed by atoms with E-state index in [0.29, 0.717) is 11.4 Å². The van der Waals surface area contributed by atoms with Gasteiger partial charge in [-0.1, -0.05) is 18.2 Å². The molecule has 7 heteroatoms. The van der Waals surface area contributed by atoms with Crippen molar-refractivity contribution in [2.75, 3.05) is 5.32 Å². The summed E-state index contributed by atoms with van der Waals surface area (Å²) in [5.41, 5.74) is 1.91. The van der Waals surface area contributed by atoms with Gasteiger partial charge in [0.15, 0.2) is 0 Å². The average molecular weight is 366 g/mol. The molecular weight excluding hydrogens is 351 g/mol. The van der Waals surface area contributed by atoms with Gasteiger partial charge in [-0.2, -0.15) is 0 Å². The molecule has 1 aliphatic rings. The summed E-state index contributed by atoms with van der Waals surface area (Å²) in [4.78, 5) is 23.9. The standard InChI is InChI=1S/C20H15FN2O4/c21-12-2-1-3-13(8-12)23-10-16(20(26)27)18-19(23)15(9-17(25)22-18)11-4-6-14(24)7-5-11/h1-8,10,15,24H,9H2,(H,22,25)(H,26,27)/t15-/m0/s1. The SMILES string of the molecule is O=C1C[C@@H](c2ccc(O)cc2)c2c(c(C(=O)O)cn2-c2cccc(F)c2)N1. The number of hydrogen-bond donors (Lipinski definition) is 3. The fraction of sp³-hybridized carbons (Fsp3) is 0.100. The van der Waals surface area contributed by atoms with Crippen LogP contribution in [0.2, 0.25) is 0 Å². The van der Waals surface area contributed by atoms with Crippen LogP contribution in [-0.2, 0) is 4.79 Å². The number of carbonyl (C=O) groups is 2. The molecule has 0 saturated heterocycles. The van der Waals surface area contributed by atoms with Crippen LogP contribution < -0.4 is 5.32 Å². The number of phenolic OH excluding ortho intramolecular Hbond substituents is 1. The molecule has 1 aromatic heterocycles. The Morgan fingerprint density at radius 3 is 2.59 bits per heavy atom. The summed E-state index contributed by atoms with van der Waals surface area (Å²) in [5, 5.41) is 21.7. The van der Waals surface area contributed by atoms with Gasteiger partial charge >= 0.3 is 5.97 Å². The van der Waals surface area contributed by atoms with Crippen LogP contribution in [0.25, 0.3) is 5.69 Å². The second-order valence-electron chi connectivity index (χ2n) is 6.35. The molecule has 0 bridgehead atoms. The summed E-state index contributed by atoms with van der Waals surface area (Å²) in [7, 11) is 0. The molecule has 0 fully saturated rings. The molecule has 1 atom stereocenters. The Morgan fingerprint density at radius 2 is 1.93 bits per heavy atom. The van der Waals surface area contributed by atoms with E-state index in [-0.39, 0.29) is 29.3 Å². The summed E-state index contributed by atoms with van der Waals surface area (Å²) < 4.78 is 15.3. The van der Waals surface area contributed by atoms with Crippen molar-refractivity contribution in [1.82, 2.24) is 4.57 Å². The number of amides is 1. The minimum Gasteiger partial charge on any atom is -0.508 e. The number of fused-ring (bicyclic) bond motifs is 1. The van der Waals surface area contributed by atoms with Crippen LogP contribution in [0.5, 0.6) is 5.75 Å². The van der Waals surface area contributed by atoms with E-state index < -0.39 is 17.7 Å². The number of phenols is 1. The van der Waals surface area contributed by atoms with Crippen molar-refractivity contribution in [3.05, 3.63) is 77.4 Å². The molecule has 0 radical (unpaired) electrons. The second kappa shape index (κ2) is 6.28. The van der Waals surface area contributed by atoms with E-state index in [0.717, 1.165) is 5.56 Å². The first kappa shape index (κ1) is 16.8.